The molecule has 0 unspecified atom stereocenters. The maximum atomic E-state index is 12.4. The Hall–Kier alpha value is -2.53. The van der Waals surface area contributed by atoms with Crippen molar-refractivity contribution in [1.82, 2.24) is 5.32 Å². The van der Waals surface area contributed by atoms with Crippen LogP contribution in [0.15, 0.2) is 42.5 Å². The van der Waals surface area contributed by atoms with Gasteiger partial charge >= 0.3 is 0 Å². The molecule has 0 saturated heterocycles. The molecule has 1 aliphatic rings. The molecule has 0 bridgehead atoms. The van der Waals surface area contributed by atoms with E-state index in [-0.39, 0.29) is 18.4 Å². The summed E-state index contributed by atoms with van der Waals surface area (Å²) in [5.41, 5.74) is 1.90. The first-order valence-electron chi connectivity index (χ1n) is 7.09. The average molecular weight is 331 g/mol. The zero-order chi connectivity index (χ0) is 16.4. The van der Waals surface area contributed by atoms with Gasteiger partial charge in [-0.25, -0.2) is 0 Å². The van der Waals surface area contributed by atoms with Gasteiger partial charge in [0.25, 0.3) is 5.91 Å². The molecule has 0 aromatic heterocycles. The van der Waals surface area contributed by atoms with E-state index in [1.807, 2.05) is 24.3 Å². The minimum Gasteiger partial charge on any atom is -0.497 e. The lowest BCUT2D eigenvalue weighted by molar-refractivity contribution is -0.117. The van der Waals surface area contributed by atoms with Crippen molar-refractivity contribution in [2.24, 2.45) is 0 Å². The lowest BCUT2D eigenvalue weighted by Gasteiger charge is -2.22. The number of rotatable bonds is 3. The highest BCUT2D eigenvalue weighted by Gasteiger charge is 2.26. The first-order chi connectivity index (χ1) is 11.1. The molecule has 0 fully saturated rings. The van der Waals surface area contributed by atoms with Gasteiger partial charge in [-0.05, 0) is 35.9 Å². The molecule has 0 spiro atoms. The summed E-state index contributed by atoms with van der Waals surface area (Å²) in [6, 6.07) is 12.4. The number of nitrogens with one attached hydrogen (secondary N) is 1. The molecule has 1 aliphatic heterocycles. The van der Waals surface area contributed by atoms with Crippen LogP contribution in [-0.2, 0) is 11.3 Å². The Kier molecular flexibility index (Phi) is 4.21. The normalized spacial score (nSPS) is 14.1. The third-order valence-corrected chi connectivity index (χ3v) is 3.93. The van der Waals surface area contributed by atoms with Crippen LogP contribution in [0.3, 0.4) is 0 Å². The van der Waals surface area contributed by atoms with E-state index < -0.39 is 0 Å². The van der Waals surface area contributed by atoms with Crippen LogP contribution in [0.2, 0.25) is 5.02 Å². The second kappa shape index (κ2) is 6.30. The lowest BCUT2D eigenvalue weighted by Crippen LogP contribution is -2.36. The van der Waals surface area contributed by atoms with Crippen molar-refractivity contribution in [3.8, 4) is 5.75 Å². The molecule has 0 atom stereocenters. The summed E-state index contributed by atoms with van der Waals surface area (Å²) in [6.45, 7) is 0.327. The van der Waals surface area contributed by atoms with Gasteiger partial charge in [-0.1, -0.05) is 23.7 Å². The summed E-state index contributed by atoms with van der Waals surface area (Å²) in [5.74, 6) is 0.281. The van der Waals surface area contributed by atoms with Crippen molar-refractivity contribution in [3.63, 3.8) is 0 Å². The van der Waals surface area contributed by atoms with E-state index in [9.17, 15) is 9.59 Å². The van der Waals surface area contributed by atoms with Gasteiger partial charge in [0.1, 0.15) is 5.75 Å². The first-order valence-corrected chi connectivity index (χ1v) is 7.47. The summed E-state index contributed by atoms with van der Waals surface area (Å²) in [4.78, 5) is 26.1. The van der Waals surface area contributed by atoms with Crippen molar-refractivity contribution < 1.29 is 14.3 Å². The van der Waals surface area contributed by atoms with Crippen LogP contribution in [0.5, 0.6) is 5.75 Å². The fraction of sp³-hybridized carbons (Fsp3) is 0.176. The Bertz CT molecular complexity index is 759. The molecule has 3 rings (SSSR count). The molecule has 5 nitrogen and oxygen atoms in total. The van der Waals surface area contributed by atoms with Gasteiger partial charge in [-0.3, -0.25) is 9.59 Å². The summed E-state index contributed by atoms with van der Waals surface area (Å²) in [6.07, 6.45) is 0. The Labute approximate surface area is 138 Å². The predicted octanol–water partition coefficient (Wildman–Crippen LogP) is 2.63. The number of amides is 2. The Morgan fingerprint density at radius 2 is 1.91 bits per heavy atom. The second-order valence-corrected chi connectivity index (χ2v) is 5.61. The van der Waals surface area contributed by atoms with Gasteiger partial charge in [0.15, 0.2) is 0 Å². The van der Waals surface area contributed by atoms with Gasteiger partial charge in [0, 0.05) is 5.02 Å². The smallest absolute Gasteiger partial charge is 0.253 e. The van der Waals surface area contributed by atoms with Crippen LogP contribution >= 0.6 is 11.6 Å². The highest BCUT2D eigenvalue weighted by atomic mass is 35.5. The molecule has 23 heavy (non-hydrogen) atoms. The minimum absolute atomic E-state index is 0.0404. The van der Waals surface area contributed by atoms with Crippen molar-refractivity contribution in [3.05, 3.63) is 58.6 Å². The number of halogens is 1. The molecule has 118 valence electrons. The topological polar surface area (TPSA) is 58.6 Å². The highest BCUT2D eigenvalue weighted by Crippen LogP contribution is 2.28. The summed E-state index contributed by atoms with van der Waals surface area (Å²) in [7, 11) is 1.60. The molecule has 0 radical (unpaired) electrons. The number of methoxy groups -OCH3 is 1. The number of anilines is 1. The largest absolute Gasteiger partial charge is 0.497 e. The molecule has 2 amide bonds. The number of ether oxygens (including phenoxy) is 1. The van der Waals surface area contributed by atoms with Crippen LogP contribution in [0.4, 0.5) is 5.69 Å². The number of hydrogen-bond acceptors (Lipinski definition) is 3. The Morgan fingerprint density at radius 3 is 2.61 bits per heavy atom. The molecular weight excluding hydrogens is 316 g/mol. The Morgan fingerprint density at radius 1 is 1.17 bits per heavy atom. The SMILES string of the molecule is COc1ccc(CN2C(=O)CNC(=O)c3cc(Cl)ccc32)cc1. The van der Waals surface area contributed by atoms with E-state index >= 15 is 0 Å². The molecule has 2 aromatic carbocycles. The fourth-order valence-corrected chi connectivity index (χ4v) is 2.67. The maximum absolute atomic E-state index is 12.4. The van der Waals surface area contributed by atoms with Crippen molar-refractivity contribution in [1.29, 1.82) is 0 Å². The third-order valence-electron chi connectivity index (χ3n) is 3.69. The molecular formula is C17H15ClN2O3. The molecule has 0 saturated carbocycles. The Balaban J connectivity index is 1.97. The molecule has 6 heteroatoms. The summed E-state index contributed by atoms with van der Waals surface area (Å²) < 4.78 is 5.13. The van der Waals surface area contributed by atoms with E-state index in [4.69, 9.17) is 16.3 Å². The maximum Gasteiger partial charge on any atom is 0.253 e. The van der Waals surface area contributed by atoms with Crippen LogP contribution in [-0.4, -0.2) is 25.5 Å². The molecule has 1 N–H and O–H groups in total. The molecule has 2 aromatic rings. The van der Waals surface area contributed by atoms with Gasteiger partial charge < -0.3 is 15.0 Å². The zero-order valence-electron chi connectivity index (χ0n) is 12.5. The quantitative estimate of drug-likeness (QED) is 0.941. The molecule has 0 aliphatic carbocycles. The van der Waals surface area contributed by atoms with Crippen molar-refractivity contribution >= 4 is 29.1 Å². The third kappa shape index (κ3) is 3.14. The number of fused-ring (bicyclic) bond motifs is 1. The van der Waals surface area contributed by atoms with Crippen LogP contribution in [0.1, 0.15) is 15.9 Å². The van der Waals surface area contributed by atoms with E-state index in [0.29, 0.717) is 22.8 Å². The average Bonchev–Trinajstić information content (AvgIpc) is 2.68. The van der Waals surface area contributed by atoms with E-state index in [1.165, 1.54) is 0 Å². The van der Waals surface area contributed by atoms with E-state index in [1.54, 1.807) is 30.2 Å². The number of carbonyl (C=O) groups is 2. The van der Waals surface area contributed by atoms with E-state index in [2.05, 4.69) is 5.32 Å². The van der Waals surface area contributed by atoms with Crippen LogP contribution < -0.4 is 15.0 Å². The van der Waals surface area contributed by atoms with E-state index in [0.717, 1.165) is 11.3 Å². The summed E-state index contributed by atoms with van der Waals surface area (Å²) in [5, 5.41) is 3.06. The van der Waals surface area contributed by atoms with Crippen molar-refractivity contribution in [2.75, 3.05) is 18.6 Å². The van der Waals surface area contributed by atoms with Crippen LogP contribution in [0, 0.1) is 0 Å². The van der Waals surface area contributed by atoms with Gasteiger partial charge in [0.05, 0.1) is 31.5 Å². The fourth-order valence-electron chi connectivity index (χ4n) is 2.49. The van der Waals surface area contributed by atoms with Gasteiger partial charge in [-0.2, -0.15) is 0 Å². The highest BCUT2D eigenvalue weighted by molar-refractivity contribution is 6.31. The summed E-state index contributed by atoms with van der Waals surface area (Å²) >= 11 is 5.98. The monoisotopic (exact) mass is 330 g/mol. The van der Waals surface area contributed by atoms with Crippen LogP contribution in [0.25, 0.3) is 0 Å². The standard InChI is InChI=1S/C17H15ClN2O3/c1-23-13-5-2-11(3-6-13)10-20-15-7-4-12(18)8-14(15)17(22)19-9-16(20)21/h2-8H,9-10H2,1H3,(H,19,22). The first kappa shape index (κ1) is 15.4. The van der Waals surface area contributed by atoms with Crippen molar-refractivity contribution in [2.45, 2.75) is 6.54 Å². The molecule has 1 heterocycles. The number of benzene rings is 2. The second-order valence-electron chi connectivity index (χ2n) is 5.17. The number of carbonyl (C=O) groups excluding carboxylic acids is 2. The minimum atomic E-state index is -0.298. The predicted molar refractivity (Wildman–Crippen MR) is 88.0 cm³/mol. The van der Waals surface area contributed by atoms with Gasteiger partial charge in [0.2, 0.25) is 5.91 Å². The van der Waals surface area contributed by atoms with Gasteiger partial charge in [-0.15, -0.1) is 0 Å². The zero-order valence-corrected chi connectivity index (χ0v) is 13.3. The number of nitrogens with zero attached hydrogens (tertiary/aromatic N) is 1. The number of hydrogen-bond donors (Lipinski definition) is 1. The lowest BCUT2D eigenvalue weighted by atomic mass is 10.1.